The van der Waals surface area contributed by atoms with E-state index in [4.69, 9.17) is 5.73 Å². The van der Waals surface area contributed by atoms with Crippen LogP contribution in [0.15, 0.2) is 16.7 Å². The van der Waals surface area contributed by atoms with Crippen molar-refractivity contribution in [3.63, 3.8) is 0 Å². The van der Waals surface area contributed by atoms with Gasteiger partial charge in [-0.3, -0.25) is 0 Å². The van der Waals surface area contributed by atoms with Gasteiger partial charge in [0.05, 0.1) is 0 Å². The molecule has 0 unspecified atom stereocenters. The molecule has 14 heavy (non-hydrogen) atoms. The Labute approximate surface area is 93.4 Å². The highest BCUT2D eigenvalue weighted by atomic mass is 79.9. The number of rotatable bonds is 4. The number of hydrogen-bond acceptors (Lipinski definition) is 3. The van der Waals surface area contributed by atoms with Crippen molar-refractivity contribution < 1.29 is 0 Å². The third-order valence-electron chi connectivity index (χ3n) is 2.14. The summed E-state index contributed by atoms with van der Waals surface area (Å²) in [5.41, 5.74) is 6.73. The first-order valence-corrected chi connectivity index (χ1v) is 5.55. The van der Waals surface area contributed by atoms with Crippen LogP contribution >= 0.6 is 15.9 Å². The van der Waals surface area contributed by atoms with Gasteiger partial charge >= 0.3 is 0 Å². The molecule has 1 aromatic rings. The molecule has 0 saturated carbocycles. The summed E-state index contributed by atoms with van der Waals surface area (Å²) in [5.74, 6) is 0.999. The third-order valence-corrected chi connectivity index (χ3v) is 2.97. The van der Waals surface area contributed by atoms with Crippen LogP contribution in [0.2, 0.25) is 0 Å². The van der Waals surface area contributed by atoms with Crippen molar-refractivity contribution >= 4 is 21.7 Å². The fourth-order valence-corrected chi connectivity index (χ4v) is 1.50. The lowest BCUT2D eigenvalue weighted by Crippen LogP contribution is -2.29. The average molecular weight is 258 g/mol. The highest BCUT2D eigenvalue weighted by Gasteiger charge is 2.05. The van der Waals surface area contributed by atoms with Gasteiger partial charge in [-0.1, -0.05) is 0 Å². The van der Waals surface area contributed by atoms with E-state index >= 15 is 0 Å². The van der Waals surface area contributed by atoms with Gasteiger partial charge < -0.3 is 10.6 Å². The van der Waals surface area contributed by atoms with Crippen LogP contribution in [0, 0.1) is 6.92 Å². The molecule has 0 bridgehead atoms. The van der Waals surface area contributed by atoms with E-state index in [1.54, 1.807) is 0 Å². The van der Waals surface area contributed by atoms with Gasteiger partial charge in [-0.2, -0.15) is 0 Å². The molecule has 0 aliphatic rings. The molecule has 2 N–H and O–H groups in total. The van der Waals surface area contributed by atoms with Gasteiger partial charge in [0.15, 0.2) is 0 Å². The minimum absolute atomic E-state index is 0.657. The molecular formula is C10H16BrN3. The molecule has 0 amide bonds. The van der Waals surface area contributed by atoms with Gasteiger partial charge in [-0.05, 0) is 41.4 Å². The first-order valence-electron chi connectivity index (χ1n) is 4.76. The Bertz CT molecular complexity index is 301. The van der Waals surface area contributed by atoms with E-state index in [1.807, 2.05) is 6.20 Å². The second kappa shape index (κ2) is 5.32. The van der Waals surface area contributed by atoms with Gasteiger partial charge in [0.25, 0.3) is 0 Å². The fourth-order valence-electron chi connectivity index (χ4n) is 1.29. The number of likely N-dealkylation sites (N-methyl/N-ethyl adjacent to an activating group) is 1. The Morgan fingerprint density at radius 2 is 2.29 bits per heavy atom. The molecule has 0 spiro atoms. The van der Waals surface area contributed by atoms with Crippen molar-refractivity contribution in [1.29, 1.82) is 0 Å². The summed E-state index contributed by atoms with van der Waals surface area (Å²) in [6.07, 6.45) is 1.84. The lowest BCUT2D eigenvalue weighted by molar-refractivity contribution is 0.801. The lowest BCUT2D eigenvalue weighted by Gasteiger charge is -2.21. The van der Waals surface area contributed by atoms with Crippen molar-refractivity contribution in [1.82, 2.24) is 4.98 Å². The average Bonchev–Trinajstić information content (AvgIpc) is 2.19. The Balaban J connectivity index is 2.88. The molecule has 0 saturated heterocycles. The van der Waals surface area contributed by atoms with E-state index in [0.29, 0.717) is 6.54 Å². The van der Waals surface area contributed by atoms with Crippen molar-refractivity contribution in [2.24, 2.45) is 5.73 Å². The summed E-state index contributed by atoms with van der Waals surface area (Å²) in [6, 6.07) is 2.07. The second-order valence-corrected chi connectivity index (χ2v) is 4.01. The maximum absolute atomic E-state index is 5.53. The van der Waals surface area contributed by atoms with Crippen LogP contribution in [0.4, 0.5) is 5.82 Å². The fraction of sp³-hybridized carbons (Fsp3) is 0.500. The number of aromatic nitrogens is 1. The zero-order valence-electron chi connectivity index (χ0n) is 8.63. The maximum atomic E-state index is 5.53. The summed E-state index contributed by atoms with van der Waals surface area (Å²) in [4.78, 5) is 6.52. The normalized spacial score (nSPS) is 10.3. The number of nitrogens with two attached hydrogens (primary N) is 1. The number of aryl methyl sites for hydroxylation is 1. The van der Waals surface area contributed by atoms with Crippen molar-refractivity contribution in [3.8, 4) is 0 Å². The Kier molecular flexibility index (Phi) is 4.35. The molecule has 0 radical (unpaired) electrons. The zero-order valence-corrected chi connectivity index (χ0v) is 10.2. The largest absolute Gasteiger partial charge is 0.356 e. The van der Waals surface area contributed by atoms with Gasteiger partial charge in [-0.15, -0.1) is 0 Å². The molecule has 3 nitrogen and oxygen atoms in total. The molecule has 0 aromatic carbocycles. The van der Waals surface area contributed by atoms with Crippen LogP contribution in [0.3, 0.4) is 0 Å². The van der Waals surface area contributed by atoms with E-state index in [0.717, 1.165) is 23.4 Å². The smallest absolute Gasteiger partial charge is 0.128 e. The SMILES string of the molecule is CCN(CCN)c1cc(C)c(Br)cn1. The molecule has 0 aliphatic heterocycles. The molecule has 1 rings (SSSR count). The lowest BCUT2D eigenvalue weighted by atomic mass is 10.3. The monoisotopic (exact) mass is 257 g/mol. The van der Waals surface area contributed by atoms with Gasteiger partial charge in [-0.25, -0.2) is 4.98 Å². The van der Waals surface area contributed by atoms with Crippen LogP contribution in [0.25, 0.3) is 0 Å². The van der Waals surface area contributed by atoms with Crippen LogP contribution in [-0.4, -0.2) is 24.6 Å². The highest BCUT2D eigenvalue weighted by Crippen LogP contribution is 2.19. The maximum Gasteiger partial charge on any atom is 0.128 e. The topological polar surface area (TPSA) is 42.1 Å². The molecule has 0 atom stereocenters. The predicted molar refractivity (Wildman–Crippen MR) is 63.6 cm³/mol. The van der Waals surface area contributed by atoms with E-state index in [9.17, 15) is 0 Å². The Morgan fingerprint density at radius 3 is 2.79 bits per heavy atom. The van der Waals surface area contributed by atoms with Gasteiger partial charge in [0, 0.05) is 30.3 Å². The van der Waals surface area contributed by atoms with Crippen molar-refractivity contribution in [3.05, 3.63) is 22.3 Å². The van der Waals surface area contributed by atoms with Crippen molar-refractivity contribution in [2.75, 3.05) is 24.5 Å². The van der Waals surface area contributed by atoms with Crippen LogP contribution < -0.4 is 10.6 Å². The quantitative estimate of drug-likeness (QED) is 0.897. The number of hydrogen-bond donors (Lipinski definition) is 1. The number of pyridine rings is 1. The van der Waals surface area contributed by atoms with Crippen molar-refractivity contribution in [2.45, 2.75) is 13.8 Å². The predicted octanol–water partition coefficient (Wildman–Crippen LogP) is 1.94. The summed E-state index contributed by atoms with van der Waals surface area (Å²) in [6.45, 7) is 6.61. The zero-order chi connectivity index (χ0) is 10.6. The Hall–Kier alpha value is -0.610. The number of halogens is 1. The summed E-state index contributed by atoms with van der Waals surface area (Å²) >= 11 is 3.43. The van der Waals surface area contributed by atoms with Crippen LogP contribution in [-0.2, 0) is 0 Å². The minimum Gasteiger partial charge on any atom is -0.356 e. The summed E-state index contributed by atoms with van der Waals surface area (Å²) < 4.78 is 1.05. The van der Waals surface area contributed by atoms with E-state index in [2.05, 4.69) is 45.7 Å². The van der Waals surface area contributed by atoms with Gasteiger partial charge in [0.1, 0.15) is 5.82 Å². The van der Waals surface area contributed by atoms with Crippen LogP contribution in [0.1, 0.15) is 12.5 Å². The highest BCUT2D eigenvalue weighted by molar-refractivity contribution is 9.10. The van der Waals surface area contributed by atoms with Gasteiger partial charge in [0.2, 0.25) is 0 Å². The number of anilines is 1. The molecule has 78 valence electrons. The Morgan fingerprint density at radius 1 is 1.57 bits per heavy atom. The second-order valence-electron chi connectivity index (χ2n) is 3.16. The summed E-state index contributed by atoms with van der Waals surface area (Å²) in [5, 5.41) is 0. The van der Waals surface area contributed by atoms with Crippen LogP contribution in [0.5, 0.6) is 0 Å². The molecule has 4 heteroatoms. The first kappa shape index (κ1) is 11.5. The molecule has 1 aromatic heterocycles. The standard InChI is InChI=1S/C10H16BrN3/c1-3-14(5-4-12)10-6-8(2)9(11)7-13-10/h6-7H,3-5,12H2,1-2H3. The number of nitrogens with zero attached hydrogens (tertiary/aromatic N) is 2. The summed E-state index contributed by atoms with van der Waals surface area (Å²) in [7, 11) is 0. The van der Waals surface area contributed by atoms with E-state index in [1.165, 1.54) is 5.56 Å². The molecule has 1 heterocycles. The first-order chi connectivity index (χ1) is 6.69. The third kappa shape index (κ3) is 2.69. The molecule has 0 fully saturated rings. The molecule has 0 aliphatic carbocycles. The van der Waals surface area contributed by atoms with E-state index < -0.39 is 0 Å². The van der Waals surface area contributed by atoms with E-state index in [-0.39, 0.29) is 0 Å². The minimum atomic E-state index is 0.657. The molecular weight excluding hydrogens is 242 g/mol.